The molecule has 4 rings (SSSR count). The molecule has 104 valence electrons. The number of benzene rings is 1. The molecule has 0 radical (unpaired) electrons. The summed E-state index contributed by atoms with van der Waals surface area (Å²) in [5.74, 6) is 0.394. The first kappa shape index (κ1) is 12.0. The number of hydrogen-bond acceptors (Lipinski definition) is 6. The van der Waals surface area contributed by atoms with Gasteiger partial charge in [-0.1, -0.05) is 22.0 Å². The molecular formula is C12H9ClN8. The van der Waals surface area contributed by atoms with E-state index in [0.717, 1.165) is 16.6 Å². The van der Waals surface area contributed by atoms with Gasteiger partial charge in [0.2, 0.25) is 0 Å². The number of pyridine rings is 1. The molecule has 21 heavy (non-hydrogen) atoms. The lowest BCUT2D eigenvalue weighted by atomic mass is 10.2. The fraction of sp³-hybridized carbons (Fsp3) is 0.0833. The average Bonchev–Trinajstić information content (AvgIpc) is 3.06. The Morgan fingerprint density at radius 1 is 1.24 bits per heavy atom. The molecule has 0 fully saturated rings. The van der Waals surface area contributed by atoms with Crippen molar-refractivity contribution in [3.05, 3.63) is 34.9 Å². The summed E-state index contributed by atoms with van der Waals surface area (Å²) in [4.78, 5) is 4.13. The van der Waals surface area contributed by atoms with Gasteiger partial charge in [0, 0.05) is 10.6 Å². The number of rotatable bonds is 2. The smallest absolute Gasteiger partial charge is 0.178 e. The van der Waals surface area contributed by atoms with E-state index < -0.39 is 0 Å². The molecule has 0 saturated heterocycles. The quantitative estimate of drug-likeness (QED) is 0.578. The fourth-order valence-corrected chi connectivity index (χ4v) is 2.43. The summed E-state index contributed by atoms with van der Waals surface area (Å²) in [6.07, 6.45) is 0. The van der Waals surface area contributed by atoms with Crippen LogP contribution in [0, 0.1) is 0 Å². The molecule has 0 aliphatic rings. The number of aromatic nitrogens is 7. The van der Waals surface area contributed by atoms with Crippen LogP contribution in [0.2, 0.25) is 5.02 Å². The number of nitrogens with one attached hydrogen (secondary N) is 1. The van der Waals surface area contributed by atoms with Crippen molar-refractivity contribution < 1.29 is 0 Å². The molecule has 0 amide bonds. The van der Waals surface area contributed by atoms with Crippen LogP contribution in [-0.4, -0.2) is 35.4 Å². The van der Waals surface area contributed by atoms with E-state index in [1.54, 1.807) is 16.8 Å². The zero-order valence-corrected chi connectivity index (χ0v) is 11.4. The van der Waals surface area contributed by atoms with Crippen molar-refractivity contribution in [2.45, 2.75) is 6.54 Å². The average molecular weight is 301 g/mol. The highest BCUT2D eigenvalue weighted by Gasteiger charge is 2.11. The van der Waals surface area contributed by atoms with Gasteiger partial charge in [0.1, 0.15) is 16.9 Å². The third kappa shape index (κ3) is 1.96. The van der Waals surface area contributed by atoms with Gasteiger partial charge < -0.3 is 5.73 Å². The van der Waals surface area contributed by atoms with Crippen LogP contribution >= 0.6 is 11.6 Å². The molecule has 0 aliphatic heterocycles. The maximum absolute atomic E-state index is 6.03. The van der Waals surface area contributed by atoms with Gasteiger partial charge in [-0.05, 0) is 24.3 Å². The highest BCUT2D eigenvalue weighted by molar-refractivity contribution is 6.31. The Kier molecular flexibility index (Phi) is 2.51. The molecule has 0 spiro atoms. The van der Waals surface area contributed by atoms with Gasteiger partial charge in [-0.25, -0.2) is 14.8 Å². The van der Waals surface area contributed by atoms with Crippen molar-refractivity contribution in [3.63, 3.8) is 0 Å². The molecule has 0 unspecified atom stereocenters. The number of halogens is 1. The van der Waals surface area contributed by atoms with Crippen molar-refractivity contribution in [2.24, 2.45) is 0 Å². The Morgan fingerprint density at radius 3 is 3.05 bits per heavy atom. The molecule has 0 atom stereocenters. The van der Waals surface area contributed by atoms with Crippen molar-refractivity contribution in [1.29, 1.82) is 0 Å². The Morgan fingerprint density at radius 2 is 2.14 bits per heavy atom. The lowest BCUT2D eigenvalue weighted by molar-refractivity contribution is 0.671. The van der Waals surface area contributed by atoms with Crippen LogP contribution in [0.1, 0.15) is 5.56 Å². The van der Waals surface area contributed by atoms with Gasteiger partial charge in [-0.15, -0.1) is 10.2 Å². The summed E-state index contributed by atoms with van der Waals surface area (Å²) in [7, 11) is 0. The van der Waals surface area contributed by atoms with E-state index in [1.807, 2.05) is 12.1 Å². The summed E-state index contributed by atoms with van der Waals surface area (Å²) in [5, 5.41) is 19.4. The maximum atomic E-state index is 6.03. The predicted molar refractivity (Wildman–Crippen MR) is 77.7 cm³/mol. The molecule has 9 heteroatoms. The minimum atomic E-state index is 0.394. The Balaban J connectivity index is 1.86. The number of anilines is 1. The minimum Gasteiger partial charge on any atom is -0.384 e. The summed E-state index contributed by atoms with van der Waals surface area (Å²) >= 11 is 6.03. The molecule has 0 bridgehead atoms. The number of nitrogen functional groups attached to an aromatic ring is 1. The van der Waals surface area contributed by atoms with E-state index in [1.165, 1.54) is 0 Å². The van der Waals surface area contributed by atoms with E-state index in [4.69, 9.17) is 17.3 Å². The Bertz CT molecular complexity index is 956. The molecule has 0 aliphatic carbocycles. The van der Waals surface area contributed by atoms with Crippen molar-refractivity contribution >= 4 is 39.6 Å². The second kappa shape index (κ2) is 4.38. The highest BCUT2D eigenvalue weighted by Crippen LogP contribution is 2.20. The van der Waals surface area contributed by atoms with Gasteiger partial charge in [0.25, 0.3) is 0 Å². The van der Waals surface area contributed by atoms with E-state index >= 15 is 0 Å². The Labute approximate surface area is 122 Å². The topological polar surface area (TPSA) is 111 Å². The predicted octanol–water partition coefficient (Wildman–Crippen LogP) is 1.38. The second-order valence-corrected chi connectivity index (χ2v) is 5.03. The van der Waals surface area contributed by atoms with Gasteiger partial charge in [0.05, 0.1) is 12.1 Å². The molecule has 4 aromatic rings. The molecule has 1 aromatic carbocycles. The number of H-pyrrole nitrogens is 1. The van der Waals surface area contributed by atoms with Crippen LogP contribution in [0.3, 0.4) is 0 Å². The molecule has 3 aromatic heterocycles. The Hall–Kier alpha value is -2.74. The van der Waals surface area contributed by atoms with E-state index in [9.17, 15) is 0 Å². The van der Waals surface area contributed by atoms with Gasteiger partial charge in [0.15, 0.2) is 5.65 Å². The minimum absolute atomic E-state index is 0.394. The van der Waals surface area contributed by atoms with E-state index in [-0.39, 0.29) is 0 Å². The summed E-state index contributed by atoms with van der Waals surface area (Å²) < 4.78 is 1.74. The van der Waals surface area contributed by atoms with Crippen LogP contribution in [-0.2, 0) is 6.54 Å². The number of fused-ring (bicyclic) bond motifs is 2. The molecular weight excluding hydrogens is 292 g/mol. The number of hydrogen-bond donors (Lipinski definition) is 2. The van der Waals surface area contributed by atoms with Gasteiger partial charge in [-0.3, -0.25) is 0 Å². The number of aromatic amines is 1. The van der Waals surface area contributed by atoms with Crippen molar-refractivity contribution in [3.8, 4) is 0 Å². The maximum Gasteiger partial charge on any atom is 0.178 e. The first-order valence-electron chi connectivity index (χ1n) is 6.15. The third-order valence-electron chi connectivity index (χ3n) is 3.19. The van der Waals surface area contributed by atoms with E-state index in [2.05, 4.69) is 30.7 Å². The first-order valence-corrected chi connectivity index (χ1v) is 6.53. The summed E-state index contributed by atoms with van der Waals surface area (Å²) in [6.45, 7) is 0.451. The number of nitrogens with zero attached hydrogens (tertiary/aromatic N) is 6. The third-order valence-corrected chi connectivity index (χ3v) is 3.43. The zero-order valence-electron chi connectivity index (χ0n) is 10.7. The fourth-order valence-electron chi connectivity index (χ4n) is 2.26. The normalized spacial score (nSPS) is 11.5. The van der Waals surface area contributed by atoms with Crippen molar-refractivity contribution in [1.82, 2.24) is 35.4 Å². The number of nitrogens with two attached hydrogens (primary N) is 1. The summed E-state index contributed by atoms with van der Waals surface area (Å²) in [5.41, 5.74) is 9.48. The van der Waals surface area contributed by atoms with Crippen LogP contribution in [0.25, 0.3) is 22.2 Å². The monoisotopic (exact) mass is 300 g/mol. The van der Waals surface area contributed by atoms with E-state index in [0.29, 0.717) is 28.5 Å². The van der Waals surface area contributed by atoms with Crippen LogP contribution in [0.4, 0.5) is 5.82 Å². The van der Waals surface area contributed by atoms with Crippen LogP contribution < -0.4 is 5.73 Å². The van der Waals surface area contributed by atoms with Gasteiger partial charge in [-0.2, -0.15) is 0 Å². The molecule has 3 heterocycles. The van der Waals surface area contributed by atoms with Crippen LogP contribution in [0.5, 0.6) is 0 Å². The lowest BCUT2D eigenvalue weighted by Gasteiger charge is -2.04. The van der Waals surface area contributed by atoms with Crippen LogP contribution in [0.15, 0.2) is 24.3 Å². The highest BCUT2D eigenvalue weighted by atomic mass is 35.5. The lowest BCUT2D eigenvalue weighted by Crippen LogP contribution is -2.04. The largest absolute Gasteiger partial charge is 0.384 e. The summed E-state index contributed by atoms with van der Waals surface area (Å²) in [6, 6.07) is 7.18. The second-order valence-electron chi connectivity index (χ2n) is 4.60. The molecule has 8 nitrogen and oxygen atoms in total. The molecule has 0 saturated carbocycles. The van der Waals surface area contributed by atoms with Gasteiger partial charge >= 0.3 is 0 Å². The zero-order chi connectivity index (χ0) is 14.4. The SMILES string of the molecule is Nc1cc(Cn2nnc3ccc(Cl)cc32)c2nn[nH]c2n1. The standard InChI is InChI=1S/C12H9ClN8/c13-7-1-2-8-9(4-7)21(20-16-8)5-6-3-10(14)15-12-11(6)17-19-18-12/h1-4H,5H2,(H3,14,15,17,18,19). The molecule has 3 N–H and O–H groups in total. The first-order chi connectivity index (χ1) is 10.2. The van der Waals surface area contributed by atoms with Crippen molar-refractivity contribution in [2.75, 3.05) is 5.73 Å².